The van der Waals surface area contributed by atoms with Gasteiger partial charge < -0.3 is 0 Å². The molecule has 1 aliphatic heterocycles. The molecular weight excluding hydrogens is 141 g/mol. The lowest BCUT2D eigenvalue weighted by molar-refractivity contribution is 0.626. The normalized spacial score (nSPS) is 13.9. The Balaban J connectivity index is 2.53. The van der Waals surface area contributed by atoms with E-state index in [-0.39, 0.29) is 5.82 Å². The summed E-state index contributed by atoms with van der Waals surface area (Å²) in [4.78, 5) is 0. The van der Waals surface area contributed by atoms with Crippen LogP contribution in [-0.2, 0) is 0 Å². The van der Waals surface area contributed by atoms with Crippen molar-refractivity contribution >= 4 is 11.8 Å². The Morgan fingerprint density at radius 2 is 2.27 bits per heavy atom. The third-order valence-electron chi connectivity index (χ3n) is 1.66. The van der Waals surface area contributed by atoms with E-state index in [2.05, 4.69) is 5.32 Å². The maximum absolute atomic E-state index is 12.6. The summed E-state index contributed by atoms with van der Waals surface area (Å²) in [6.45, 7) is 0.663. The van der Waals surface area contributed by atoms with E-state index in [0.29, 0.717) is 6.54 Å². The molecule has 1 nitrogen and oxygen atoms in total. The Hall–Kier alpha value is -1.31. The number of hydrogen-bond acceptors (Lipinski definition) is 0. The molecule has 0 unspecified atom stereocenters. The third-order valence-corrected chi connectivity index (χ3v) is 1.66. The van der Waals surface area contributed by atoms with E-state index in [1.165, 1.54) is 12.1 Å². The molecule has 2 heteroatoms. The highest BCUT2D eigenvalue weighted by Gasteiger charge is 2.04. The van der Waals surface area contributed by atoms with Crippen LogP contribution in [0.25, 0.3) is 6.08 Å². The summed E-state index contributed by atoms with van der Waals surface area (Å²) in [6.07, 6.45) is 3.92. The zero-order chi connectivity index (χ0) is 7.68. The van der Waals surface area contributed by atoms with Gasteiger partial charge in [0.2, 0.25) is 0 Å². The SMILES string of the molecule is Fc1ccc2c(c1)[N]CC=C2. The van der Waals surface area contributed by atoms with E-state index in [0.717, 1.165) is 11.3 Å². The van der Waals surface area contributed by atoms with E-state index in [1.807, 2.05) is 12.2 Å². The number of nitrogens with zero attached hydrogens (tertiary/aromatic N) is 1. The monoisotopic (exact) mass is 148 g/mol. The van der Waals surface area contributed by atoms with Crippen LogP contribution in [0.1, 0.15) is 5.56 Å². The molecule has 0 saturated heterocycles. The fraction of sp³-hybridized carbons (Fsp3) is 0.111. The molecule has 55 valence electrons. The van der Waals surface area contributed by atoms with Gasteiger partial charge >= 0.3 is 0 Å². The molecule has 0 bridgehead atoms. The molecule has 11 heavy (non-hydrogen) atoms. The minimum absolute atomic E-state index is 0.220. The van der Waals surface area contributed by atoms with E-state index in [4.69, 9.17) is 0 Å². The van der Waals surface area contributed by atoms with Crippen LogP contribution < -0.4 is 5.32 Å². The molecule has 0 amide bonds. The van der Waals surface area contributed by atoms with Gasteiger partial charge in [0.1, 0.15) is 5.82 Å². The van der Waals surface area contributed by atoms with Crippen molar-refractivity contribution in [2.24, 2.45) is 0 Å². The number of fused-ring (bicyclic) bond motifs is 1. The second-order valence-electron chi connectivity index (χ2n) is 2.45. The van der Waals surface area contributed by atoms with Gasteiger partial charge in [-0.05, 0) is 23.8 Å². The molecule has 0 aliphatic carbocycles. The highest BCUT2D eigenvalue weighted by Crippen LogP contribution is 2.21. The summed E-state index contributed by atoms with van der Waals surface area (Å²) in [5, 5.41) is 4.13. The van der Waals surface area contributed by atoms with Gasteiger partial charge in [-0.2, -0.15) is 0 Å². The van der Waals surface area contributed by atoms with Gasteiger partial charge in [0.05, 0.1) is 12.2 Å². The minimum Gasteiger partial charge on any atom is -0.281 e. The molecule has 0 spiro atoms. The number of benzene rings is 1. The molecule has 1 aromatic rings. The van der Waals surface area contributed by atoms with Crippen molar-refractivity contribution < 1.29 is 4.39 Å². The van der Waals surface area contributed by atoms with Gasteiger partial charge in [-0.25, -0.2) is 4.39 Å². The van der Waals surface area contributed by atoms with Gasteiger partial charge in [-0.1, -0.05) is 12.2 Å². The summed E-state index contributed by atoms with van der Waals surface area (Å²) in [5.74, 6) is -0.220. The Bertz CT molecular complexity index is 304. The molecule has 0 atom stereocenters. The Labute approximate surface area is 64.5 Å². The maximum atomic E-state index is 12.6. The number of halogens is 1. The highest BCUT2D eigenvalue weighted by atomic mass is 19.1. The van der Waals surface area contributed by atoms with Crippen LogP contribution in [0.3, 0.4) is 0 Å². The predicted octanol–water partition coefficient (Wildman–Crippen LogP) is 2.09. The molecule has 0 saturated carbocycles. The van der Waals surface area contributed by atoms with Crippen LogP contribution in [0.2, 0.25) is 0 Å². The average Bonchev–Trinajstić information content (AvgIpc) is 2.04. The Kier molecular flexibility index (Phi) is 1.39. The smallest absolute Gasteiger partial charge is 0.125 e. The summed E-state index contributed by atoms with van der Waals surface area (Å²) in [6, 6.07) is 4.65. The Morgan fingerprint density at radius 3 is 3.18 bits per heavy atom. The van der Waals surface area contributed by atoms with E-state index in [9.17, 15) is 4.39 Å². The van der Waals surface area contributed by atoms with Gasteiger partial charge in [0.25, 0.3) is 0 Å². The van der Waals surface area contributed by atoms with Gasteiger partial charge in [0, 0.05) is 0 Å². The van der Waals surface area contributed by atoms with Gasteiger partial charge in [-0.15, -0.1) is 0 Å². The summed E-state index contributed by atoms with van der Waals surface area (Å²) in [5.41, 5.74) is 1.75. The van der Waals surface area contributed by atoms with Crippen LogP contribution in [-0.4, -0.2) is 6.54 Å². The van der Waals surface area contributed by atoms with Crippen molar-refractivity contribution in [3.8, 4) is 0 Å². The standard InChI is InChI=1S/C9H7FN/c10-8-4-3-7-2-1-5-11-9(7)6-8/h1-4,6H,5H2. The highest BCUT2D eigenvalue weighted by molar-refractivity contribution is 5.65. The van der Waals surface area contributed by atoms with E-state index < -0.39 is 0 Å². The second-order valence-corrected chi connectivity index (χ2v) is 2.45. The lowest BCUT2D eigenvalue weighted by Crippen LogP contribution is -2.02. The maximum Gasteiger partial charge on any atom is 0.125 e. The van der Waals surface area contributed by atoms with Gasteiger partial charge in [0.15, 0.2) is 0 Å². The summed E-state index contributed by atoms with van der Waals surface area (Å²) in [7, 11) is 0. The first-order chi connectivity index (χ1) is 5.36. The molecule has 0 N–H and O–H groups in total. The van der Waals surface area contributed by atoms with Gasteiger partial charge in [-0.3, -0.25) is 5.32 Å². The molecule has 0 aromatic heterocycles. The van der Waals surface area contributed by atoms with Crippen LogP contribution in [0, 0.1) is 5.82 Å². The molecule has 1 aromatic carbocycles. The minimum atomic E-state index is -0.220. The third kappa shape index (κ3) is 1.11. The van der Waals surface area contributed by atoms with Crippen molar-refractivity contribution in [1.29, 1.82) is 0 Å². The average molecular weight is 148 g/mol. The van der Waals surface area contributed by atoms with Crippen molar-refractivity contribution in [3.05, 3.63) is 35.7 Å². The topological polar surface area (TPSA) is 14.1 Å². The molecule has 2 rings (SSSR count). The lowest BCUT2D eigenvalue weighted by atomic mass is 10.1. The quantitative estimate of drug-likeness (QED) is 0.535. The van der Waals surface area contributed by atoms with Crippen LogP contribution in [0.5, 0.6) is 0 Å². The fourth-order valence-electron chi connectivity index (χ4n) is 1.13. The van der Waals surface area contributed by atoms with Crippen molar-refractivity contribution in [2.75, 3.05) is 6.54 Å². The van der Waals surface area contributed by atoms with Crippen molar-refractivity contribution in [1.82, 2.24) is 5.32 Å². The van der Waals surface area contributed by atoms with Crippen LogP contribution >= 0.6 is 0 Å². The summed E-state index contributed by atoms with van der Waals surface area (Å²) >= 11 is 0. The Morgan fingerprint density at radius 1 is 1.36 bits per heavy atom. The van der Waals surface area contributed by atoms with E-state index in [1.54, 1.807) is 6.07 Å². The lowest BCUT2D eigenvalue weighted by Gasteiger charge is -2.09. The van der Waals surface area contributed by atoms with Crippen molar-refractivity contribution in [2.45, 2.75) is 0 Å². The molecule has 0 fully saturated rings. The molecule has 1 heterocycles. The van der Waals surface area contributed by atoms with Crippen LogP contribution in [0.4, 0.5) is 10.1 Å². The second kappa shape index (κ2) is 2.38. The number of hydrogen-bond donors (Lipinski definition) is 0. The molecular formula is C9H7FN. The first kappa shape index (κ1) is 6.40. The fourth-order valence-corrected chi connectivity index (χ4v) is 1.13. The number of rotatable bonds is 0. The van der Waals surface area contributed by atoms with E-state index >= 15 is 0 Å². The first-order valence-electron chi connectivity index (χ1n) is 3.50. The largest absolute Gasteiger partial charge is 0.281 e. The molecule has 1 radical (unpaired) electrons. The zero-order valence-electron chi connectivity index (χ0n) is 5.92. The van der Waals surface area contributed by atoms with Crippen molar-refractivity contribution in [3.63, 3.8) is 0 Å². The first-order valence-corrected chi connectivity index (χ1v) is 3.50. The van der Waals surface area contributed by atoms with Crippen LogP contribution in [0.15, 0.2) is 24.3 Å². The summed E-state index contributed by atoms with van der Waals surface area (Å²) < 4.78 is 12.6. The zero-order valence-corrected chi connectivity index (χ0v) is 5.92. The predicted molar refractivity (Wildman–Crippen MR) is 42.1 cm³/mol. The molecule has 1 aliphatic rings.